The lowest BCUT2D eigenvalue weighted by Gasteiger charge is -2.27. The number of alkyl carbamates (subject to hydrolysis) is 1. The molecular formula is C27H39N3O4. The summed E-state index contributed by atoms with van der Waals surface area (Å²) in [6.45, 7) is 6.98. The van der Waals surface area contributed by atoms with Crippen molar-refractivity contribution in [3.63, 3.8) is 0 Å². The van der Waals surface area contributed by atoms with Crippen LogP contribution in [0, 0.1) is 0 Å². The van der Waals surface area contributed by atoms with Crippen LogP contribution in [0.25, 0.3) is 0 Å². The third kappa shape index (κ3) is 9.83. The number of ether oxygens (including phenoxy) is 2. The van der Waals surface area contributed by atoms with Gasteiger partial charge in [0, 0.05) is 26.1 Å². The van der Waals surface area contributed by atoms with Crippen molar-refractivity contribution in [1.29, 1.82) is 0 Å². The Morgan fingerprint density at radius 3 is 2.12 bits per heavy atom. The highest BCUT2D eigenvalue weighted by molar-refractivity contribution is 5.86. The lowest BCUT2D eigenvalue weighted by Crippen LogP contribution is -2.50. The van der Waals surface area contributed by atoms with Gasteiger partial charge in [-0.05, 0) is 50.2 Å². The first-order chi connectivity index (χ1) is 16.4. The topological polar surface area (TPSA) is 71.1 Å². The molecule has 0 heterocycles. The van der Waals surface area contributed by atoms with Gasteiger partial charge in [-0.3, -0.25) is 4.79 Å². The van der Waals surface area contributed by atoms with E-state index in [1.165, 1.54) is 0 Å². The number of nitrogens with one attached hydrogen (secondary N) is 1. The molecule has 2 aromatic rings. The van der Waals surface area contributed by atoms with Crippen molar-refractivity contribution in [2.24, 2.45) is 0 Å². The quantitative estimate of drug-likeness (QED) is 0.451. The minimum absolute atomic E-state index is 0.0910. The van der Waals surface area contributed by atoms with Gasteiger partial charge in [-0.15, -0.1) is 0 Å². The summed E-state index contributed by atoms with van der Waals surface area (Å²) in [4.78, 5) is 29.8. The van der Waals surface area contributed by atoms with E-state index in [0.29, 0.717) is 26.1 Å². The molecule has 2 rings (SSSR count). The maximum absolute atomic E-state index is 13.3. The predicted molar refractivity (Wildman–Crippen MR) is 135 cm³/mol. The van der Waals surface area contributed by atoms with Crippen LogP contribution in [0.5, 0.6) is 5.75 Å². The summed E-state index contributed by atoms with van der Waals surface area (Å²) < 4.78 is 11.1. The van der Waals surface area contributed by atoms with Crippen LogP contribution in [0.15, 0.2) is 54.6 Å². The number of benzene rings is 2. The van der Waals surface area contributed by atoms with Crippen LogP contribution >= 0.6 is 0 Å². The second-order valence-corrected chi connectivity index (χ2v) is 8.58. The van der Waals surface area contributed by atoms with Crippen LogP contribution < -0.4 is 10.1 Å². The molecule has 186 valence electrons. The van der Waals surface area contributed by atoms with Crippen molar-refractivity contribution in [1.82, 2.24) is 15.1 Å². The molecule has 1 atom stereocenters. The van der Waals surface area contributed by atoms with Gasteiger partial charge in [0.05, 0.1) is 0 Å². The summed E-state index contributed by atoms with van der Waals surface area (Å²) in [5, 5.41) is 2.81. The van der Waals surface area contributed by atoms with Crippen LogP contribution in [-0.4, -0.2) is 68.2 Å². The van der Waals surface area contributed by atoms with Crippen molar-refractivity contribution in [2.75, 3.05) is 40.3 Å². The van der Waals surface area contributed by atoms with Crippen LogP contribution in [0.2, 0.25) is 0 Å². The van der Waals surface area contributed by atoms with E-state index >= 15 is 0 Å². The Bertz CT molecular complexity index is 850. The van der Waals surface area contributed by atoms with E-state index < -0.39 is 12.1 Å². The molecule has 0 aliphatic rings. The Balaban J connectivity index is 2.06. The van der Waals surface area contributed by atoms with Crippen molar-refractivity contribution >= 4 is 12.0 Å². The first kappa shape index (κ1) is 27.2. The summed E-state index contributed by atoms with van der Waals surface area (Å²) in [6.07, 6.45) is 1.49. The number of rotatable bonds is 14. The van der Waals surface area contributed by atoms with E-state index in [4.69, 9.17) is 9.47 Å². The van der Waals surface area contributed by atoms with Gasteiger partial charge in [0.1, 0.15) is 25.0 Å². The zero-order valence-electron chi connectivity index (χ0n) is 21.0. The highest BCUT2D eigenvalue weighted by atomic mass is 16.5. The smallest absolute Gasteiger partial charge is 0.408 e. The Morgan fingerprint density at radius 2 is 1.53 bits per heavy atom. The van der Waals surface area contributed by atoms with Gasteiger partial charge in [-0.1, -0.05) is 56.3 Å². The molecule has 2 aromatic carbocycles. The van der Waals surface area contributed by atoms with Gasteiger partial charge in [-0.2, -0.15) is 0 Å². The summed E-state index contributed by atoms with van der Waals surface area (Å²) in [5.41, 5.74) is 1.83. The van der Waals surface area contributed by atoms with Crippen LogP contribution in [0.4, 0.5) is 4.79 Å². The molecular weight excluding hydrogens is 430 g/mol. The summed E-state index contributed by atoms with van der Waals surface area (Å²) in [5.74, 6) is 0.689. The number of nitrogens with zero attached hydrogens (tertiary/aromatic N) is 2. The first-order valence-electron chi connectivity index (χ1n) is 12.0. The highest BCUT2D eigenvalue weighted by Gasteiger charge is 2.26. The van der Waals surface area contributed by atoms with Gasteiger partial charge in [0.2, 0.25) is 5.91 Å². The molecule has 0 spiro atoms. The number of likely N-dealkylation sites (N-methyl/N-ethyl adjacent to an activating group) is 1. The summed E-state index contributed by atoms with van der Waals surface area (Å²) in [6, 6.07) is 16.4. The van der Waals surface area contributed by atoms with Gasteiger partial charge >= 0.3 is 6.09 Å². The highest BCUT2D eigenvalue weighted by Crippen LogP contribution is 2.15. The molecule has 7 heteroatoms. The molecule has 0 saturated carbocycles. The number of carbonyl (C=O) groups is 2. The Labute approximate surface area is 204 Å². The molecule has 0 fully saturated rings. The lowest BCUT2D eigenvalue weighted by atomic mass is 10.0. The number of carbonyl (C=O) groups excluding carboxylic acids is 2. The van der Waals surface area contributed by atoms with Gasteiger partial charge < -0.3 is 24.6 Å². The molecule has 0 aliphatic carbocycles. The maximum Gasteiger partial charge on any atom is 0.408 e. The molecule has 0 bridgehead atoms. The van der Waals surface area contributed by atoms with Crippen LogP contribution in [0.1, 0.15) is 37.8 Å². The summed E-state index contributed by atoms with van der Waals surface area (Å²) >= 11 is 0. The Morgan fingerprint density at radius 1 is 0.882 bits per heavy atom. The van der Waals surface area contributed by atoms with Crippen molar-refractivity contribution in [3.8, 4) is 5.75 Å². The average Bonchev–Trinajstić information content (AvgIpc) is 2.83. The fourth-order valence-electron chi connectivity index (χ4n) is 3.50. The largest absolute Gasteiger partial charge is 0.492 e. The molecule has 0 radical (unpaired) electrons. The monoisotopic (exact) mass is 469 g/mol. The van der Waals surface area contributed by atoms with E-state index in [2.05, 4.69) is 10.2 Å². The van der Waals surface area contributed by atoms with Crippen LogP contribution in [0.3, 0.4) is 0 Å². The normalized spacial score (nSPS) is 11.7. The Kier molecular flexibility index (Phi) is 12.0. The molecule has 34 heavy (non-hydrogen) atoms. The lowest BCUT2D eigenvalue weighted by molar-refractivity contribution is -0.133. The zero-order valence-corrected chi connectivity index (χ0v) is 21.0. The zero-order chi connectivity index (χ0) is 24.8. The number of hydrogen-bond donors (Lipinski definition) is 1. The minimum Gasteiger partial charge on any atom is -0.492 e. The fraction of sp³-hybridized carbons (Fsp3) is 0.481. The molecule has 1 N–H and O–H groups in total. The maximum atomic E-state index is 13.3. The molecule has 7 nitrogen and oxygen atoms in total. The van der Waals surface area contributed by atoms with Gasteiger partial charge in [0.15, 0.2) is 0 Å². The van der Waals surface area contributed by atoms with Crippen LogP contribution in [-0.2, 0) is 22.6 Å². The fourth-order valence-corrected chi connectivity index (χ4v) is 3.50. The van der Waals surface area contributed by atoms with E-state index in [0.717, 1.165) is 36.3 Å². The van der Waals surface area contributed by atoms with Crippen molar-refractivity contribution < 1.29 is 19.1 Å². The van der Waals surface area contributed by atoms with E-state index in [1.807, 2.05) is 87.4 Å². The number of hydrogen-bond acceptors (Lipinski definition) is 5. The number of amides is 2. The molecule has 0 aliphatic heterocycles. The molecule has 2 amide bonds. The van der Waals surface area contributed by atoms with Gasteiger partial charge in [0.25, 0.3) is 0 Å². The average molecular weight is 470 g/mol. The molecule has 0 saturated heterocycles. The van der Waals surface area contributed by atoms with Crippen molar-refractivity contribution in [3.05, 3.63) is 65.7 Å². The summed E-state index contributed by atoms with van der Waals surface area (Å²) in [7, 11) is 4.00. The van der Waals surface area contributed by atoms with E-state index in [-0.39, 0.29) is 12.5 Å². The first-order valence-corrected chi connectivity index (χ1v) is 12.0. The van der Waals surface area contributed by atoms with Gasteiger partial charge in [-0.25, -0.2) is 4.79 Å². The standard InChI is InChI=1S/C27H39N3O4/c1-5-16-30(17-6-2)26(31)25(28-27(32)34-21-23-10-8-7-9-11-23)20-22-12-14-24(15-13-22)33-19-18-29(3)4/h7-15,25H,5-6,16-21H2,1-4H3,(H,28,32). The second-order valence-electron chi connectivity index (χ2n) is 8.58. The van der Waals surface area contributed by atoms with E-state index in [1.54, 1.807) is 0 Å². The third-order valence-corrected chi connectivity index (χ3v) is 5.27. The predicted octanol–water partition coefficient (Wildman–Crippen LogP) is 4.11. The molecule has 0 aromatic heterocycles. The second kappa shape index (κ2) is 15.0. The van der Waals surface area contributed by atoms with Crippen molar-refractivity contribution in [2.45, 2.75) is 45.8 Å². The third-order valence-electron chi connectivity index (χ3n) is 5.27. The SMILES string of the molecule is CCCN(CCC)C(=O)C(Cc1ccc(OCCN(C)C)cc1)NC(=O)OCc1ccccc1. The van der Waals surface area contributed by atoms with E-state index in [9.17, 15) is 9.59 Å². The molecule has 1 unspecified atom stereocenters. The Hall–Kier alpha value is -3.06. The minimum atomic E-state index is -0.707.